The summed E-state index contributed by atoms with van der Waals surface area (Å²) in [7, 11) is 0. The van der Waals surface area contributed by atoms with E-state index in [0.29, 0.717) is 24.1 Å². The second-order valence-corrected chi connectivity index (χ2v) is 11.6. The maximum atomic E-state index is 13.3. The number of unbranched alkanes of at least 4 members (excludes halogenated alkanes) is 1. The molecule has 3 fully saturated rings. The summed E-state index contributed by atoms with van der Waals surface area (Å²) in [6.07, 6.45) is 3.38. The minimum Gasteiger partial charge on any atom is -0.372 e. The van der Waals surface area contributed by atoms with Gasteiger partial charge < -0.3 is 15.4 Å². The van der Waals surface area contributed by atoms with E-state index in [1.165, 1.54) is 12.5 Å². The molecule has 5 atom stereocenters. The van der Waals surface area contributed by atoms with E-state index >= 15 is 0 Å². The second-order valence-electron chi connectivity index (χ2n) is 11.2. The van der Waals surface area contributed by atoms with Gasteiger partial charge in [-0.1, -0.05) is 19.4 Å². The van der Waals surface area contributed by atoms with Crippen molar-refractivity contribution < 1.29 is 22.3 Å². The first-order valence-electron chi connectivity index (χ1n) is 14.4. The van der Waals surface area contributed by atoms with Gasteiger partial charge in [0, 0.05) is 42.2 Å². The lowest BCUT2D eigenvalue weighted by molar-refractivity contribution is -0.137. The Morgan fingerprint density at radius 1 is 1.19 bits per heavy atom. The molecule has 3 aliphatic rings. The zero-order valence-corrected chi connectivity index (χ0v) is 24.4. The Labute approximate surface area is 249 Å². The van der Waals surface area contributed by atoms with E-state index < -0.39 is 18.4 Å². The minimum atomic E-state index is -4.60. The van der Waals surface area contributed by atoms with E-state index in [-0.39, 0.29) is 28.5 Å². The molecule has 0 radical (unpaired) electrons. The van der Waals surface area contributed by atoms with Crippen LogP contribution in [0.3, 0.4) is 0 Å². The van der Waals surface area contributed by atoms with Crippen molar-refractivity contribution in [2.24, 2.45) is 11.8 Å². The predicted octanol–water partition coefficient (Wildman–Crippen LogP) is 8.29. The Balaban J connectivity index is 1.41. The van der Waals surface area contributed by atoms with E-state index in [1.54, 1.807) is 0 Å². The summed E-state index contributed by atoms with van der Waals surface area (Å²) in [6, 6.07) is 10.9. The number of halogens is 4. The van der Waals surface area contributed by atoms with Gasteiger partial charge in [0.15, 0.2) is 5.11 Å². The van der Waals surface area contributed by atoms with E-state index in [1.807, 2.05) is 30.5 Å². The molecule has 0 aliphatic carbocycles. The van der Waals surface area contributed by atoms with E-state index in [9.17, 15) is 17.6 Å². The van der Waals surface area contributed by atoms with Gasteiger partial charge in [-0.2, -0.15) is 13.2 Å². The van der Waals surface area contributed by atoms with Gasteiger partial charge in [-0.3, -0.25) is 9.88 Å². The highest BCUT2D eigenvalue weighted by atomic mass is 32.1. The molecule has 3 saturated heterocycles. The number of hydrogen-bond donors (Lipinski definition) is 2. The van der Waals surface area contributed by atoms with Crippen LogP contribution in [0.4, 0.5) is 28.9 Å². The maximum absolute atomic E-state index is 13.3. The Morgan fingerprint density at radius 2 is 2.00 bits per heavy atom. The number of nitrogens with zero attached hydrogens (tertiary/aromatic N) is 2. The largest absolute Gasteiger partial charge is 0.416 e. The van der Waals surface area contributed by atoms with Gasteiger partial charge in [-0.15, -0.1) is 6.58 Å². The normalized spacial score (nSPS) is 22.6. The lowest BCUT2D eigenvalue weighted by atomic mass is 9.73. The molecule has 5 nitrogen and oxygen atoms in total. The van der Waals surface area contributed by atoms with Crippen molar-refractivity contribution in [3.8, 4) is 0 Å². The summed E-state index contributed by atoms with van der Waals surface area (Å²) in [5.74, 6) is 1.10. The number of fused-ring (bicyclic) bond motifs is 4. The monoisotopic (exact) mass is 600 g/mol. The van der Waals surface area contributed by atoms with Gasteiger partial charge in [-0.25, -0.2) is 4.39 Å². The van der Waals surface area contributed by atoms with Gasteiger partial charge in [-0.05, 0) is 103 Å². The Morgan fingerprint density at radius 3 is 2.69 bits per heavy atom. The SMILES string of the molecule is C=CC1CN2CCC1CC2[C@H](OCCCC)c1ccnc2ccc(NC(=S)Nc3cc(CF)cc(C(F)(F)F)c3)cc12. The Bertz CT molecular complexity index is 1430. The number of pyridine rings is 1. The molecule has 6 rings (SSSR count). The molecule has 10 heteroatoms. The van der Waals surface area contributed by atoms with Gasteiger partial charge in [0.05, 0.1) is 17.2 Å². The van der Waals surface area contributed by atoms with Gasteiger partial charge in [0.2, 0.25) is 0 Å². The number of benzene rings is 2. The molecule has 42 heavy (non-hydrogen) atoms. The van der Waals surface area contributed by atoms with Crippen LogP contribution in [0.1, 0.15) is 55.4 Å². The highest BCUT2D eigenvalue weighted by Crippen LogP contribution is 2.43. The number of aromatic nitrogens is 1. The molecule has 2 bridgehead atoms. The summed E-state index contributed by atoms with van der Waals surface area (Å²) in [5, 5.41) is 6.86. The Hall–Kier alpha value is -3.08. The van der Waals surface area contributed by atoms with Crippen LogP contribution in [0.15, 0.2) is 61.3 Å². The molecule has 4 heterocycles. The fraction of sp³-hybridized carbons (Fsp3) is 0.438. The molecule has 3 aromatic rings. The lowest BCUT2D eigenvalue weighted by Gasteiger charge is -2.51. The topological polar surface area (TPSA) is 49.4 Å². The highest BCUT2D eigenvalue weighted by molar-refractivity contribution is 7.80. The van der Waals surface area contributed by atoms with Crippen molar-refractivity contribution in [2.45, 2.75) is 57.6 Å². The quantitative estimate of drug-likeness (QED) is 0.106. The third-order valence-corrected chi connectivity index (χ3v) is 8.57. The molecular formula is C32H36F4N4OS. The zero-order chi connectivity index (χ0) is 29.9. The van der Waals surface area contributed by atoms with Crippen molar-refractivity contribution in [2.75, 3.05) is 30.3 Å². The number of piperidine rings is 3. The van der Waals surface area contributed by atoms with Crippen molar-refractivity contribution in [1.29, 1.82) is 0 Å². The standard InChI is InChI=1S/C32H36F4N4OS/c1-3-5-12-41-30(29-15-22-9-11-40(29)19-21(22)4-2)26-8-10-37-28-7-6-24(17-27(26)28)38-31(42)39-25-14-20(18-33)13-23(16-25)32(34,35)36/h4,6-8,10,13-14,16-17,21-22,29-30H,2-3,5,9,11-12,15,18-19H2,1H3,(H2,38,39,42)/t21?,22?,29?,30-/m1/s1. The van der Waals surface area contributed by atoms with Crippen LogP contribution >= 0.6 is 12.2 Å². The molecular weight excluding hydrogens is 564 g/mol. The van der Waals surface area contributed by atoms with Crippen molar-refractivity contribution in [1.82, 2.24) is 9.88 Å². The number of hydrogen-bond acceptors (Lipinski definition) is 4. The molecule has 1 aromatic heterocycles. The number of nitrogens with one attached hydrogen (secondary N) is 2. The number of alkyl halides is 4. The summed E-state index contributed by atoms with van der Waals surface area (Å²) < 4.78 is 59.8. The third kappa shape index (κ3) is 6.76. The maximum Gasteiger partial charge on any atom is 0.416 e. The molecule has 2 aromatic carbocycles. The molecule has 2 N–H and O–H groups in total. The van der Waals surface area contributed by atoms with Crippen LogP contribution in [-0.4, -0.2) is 40.7 Å². The van der Waals surface area contributed by atoms with E-state index in [2.05, 4.69) is 40.1 Å². The predicted molar refractivity (Wildman–Crippen MR) is 163 cm³/mol. The number of thiocarbonyl (C=S) groups is 1. The lowest BCUT2D eigenvalue weighted by Crippen LogP contribution is -2.55. The number of rotatable bonds is 10. The summed E-state index contributed by atoms with van der Waals surface area (Å²) >= 11 is 5.42. The molecule has 0 amide bonds. The molecule has 0 spiro atoms. The third-order valence-electron chi connectivity index (χ3n) is 8.37. The minimum absolute atomic E-state index is 0.0572. The average molecular weight is 601 g/mol. The zero-order valence-electron chi connectivity index (χ0n) is 23.6. The van der Waals surface area contributed by atoms with E-state index in [4.69, 9.17) is 17.0 Å². The fourth-order valence-electron chi connectivity index (χ4n) is 6.25. The fourth-order valence-corrected chi connectivity index (χ4v) is 6.48. The smallest absolute Gasteiger partial charge is 0.372 e. The molecule has 4 unspecified atom stereocenters. The van der Waals surface area contributed by atoms with Gasteiger partial charge in [0.25, 0.3) is 0 Å². The Kier molecular flexibility index (Phi) is 9.44. The van der Waals surface area contributed by atoms with E-state index in [0.717, 1.165) is 61.0 Å². The van der Waals surface area contributed by atoms with Crippen LogP contribution in [0.25, 0.3) is 10.9 Å². The highest BCUT2D eigenvalue weighted by Gasteiger charge is 2.43. The average Bonchev–Trinajstić information content (AvgIpc) is 2.98. The second kappa shape index (κ2) is 13.1. The van der Waals surface area contributed by atoms with Crippen LogP contribution in [-0.2, 0) is 17.6 Å². The van der Waals surface area contributed by atoms with Crippen molar-refractivity contribution in [3.63, 3.8) is 0 Å². The van der Waals surface area contributed by atoms with Crippen LogP contribution in [0.2, 0.25) is 0 Å². The van der Waals surface area contributed by atoms with Gasteiger partial charge in [0.1, 0.15) is 6.67 Å². The van der Waals surface area contributed by atoms with Gasteiger partial charge >= 0.3 is 6.18 Å². The summed E-state index contributed by atoms with van der Waals surface area (Å²) in [4.78, 5) is 7.12. The number of ether oxygens (including phenoxy) is 1. The van der Waals surface area contributed by atoms with Crippen molar-refractivity contribution in [3.05, 3.63) is 78.0 Å². The molecule has 3 aliphatic heterocycles. The molecule has 224 valence electrons. The van der Waals surface area contributed by atoms with Crippen molar-refractivity contribution >= 4 is 39.6 Å². The molecule has 0 saturated carbocycles. The number of anilines is 2. The first-order valence-corrected chi connectivity index (χ1v) is 14.8. The van der Waals surface area contributed by atoms with Crippen LogP contribution < -0.4 is 10.6 Å². The van der Waals surface area contributed by atoms with Crippen LogP contribution in [0.5, 0.6) is 0 Å². The summed E-state index contributed by atoms with van der Waals surface area (Å²) in [6.45, 7) is 7.88. The first kappa shape index (κ1) is 30.4. The first-order chi connectivity index (χ1) is 20.2. The summed E-state index contributed by atoms with van der Waals surface area (Å²) in [5.41, 5.74) is 1.55. The van der Waals surface area contributed by atoms with Crippen LogP contribution in [0, 0.1) is 11.8 Å².